The molecule has 4 aromatic rings. The Morgan fingerprint density at radius 1 is 0.907 bits per heavy atom. The van der Waals surface area contributed by atoms with Gasteiger partial charge in [-0.3, -0.25) is 9.69 Å². The van der Waals surface area contributed by atoms with Crippen LogP contribution in [0.25, 0.3) is 6.08 Å². The summed E-state index contributed by atoms with van der Waals surface area (Å²) in [6.45, 7) is 8.58. The lowest BCUT2D eigenvalue weighted by Crippen LogP contribution is -2.47. The van der Waals surface area contributed by atoms with Crippen LogP contribution in [0.15, 0.2) is 85.1 Å². The largest absolute Gasteiger partial charge is 0.492 e. The molecular weight excluding hydrogens is 581 g/mol. The fourth-order valence-electron chi connectivity index (χ4n) is 4.89. The third kappa shape index (κ3) is 8.83. The van der Waals surface area contributed by atoms with Gasteiger partial charge in [0.1, 0.15) is 5.75 Å². The van der Waals surface area contributed by atoms with Crippen molar-refractivity contribution in [2.75, 3.05) is 32.8 Å². The van der Waals surface area contributed by atoms with E-state index in [1.54, 1.807) is 30.5 Å². The summed E-state index contributed by atoms with van der Waals surface area (Å²) in [4.78, 5) is 21.5. The monoisotopic (exact) mass is 615 g/mol. The first-order valence-electron chi connectivity index (χ1n) is 14.4. The van der Waals surface area contributed by atoms with Crippen LogP contribution < -0.4 is 9.47 Å². The Balaban J connectivity index is 1.10. The Hall–Kier alpha value is -3.84. The molecule has 0 N–H and O–H groups in total. The van der Waals surface area contributed by atoms with E-state index in [-0.39, 0.29) is 5.91 Å². The number of piperazine rings is 1. The molecule has 0 bridgehead atoms. The number of halogens is 2. The summed E-state index contributed by atoms with van der Waals surface area (Å²) in [5.41, 5.74) is 5.39. The zero-order chi connectivity index (χ0) is 30.2. The van der Waals surface area contributed by atoms with E-state index in [1.165, 1.54) is 11.1 Å². The van der Waals surface area contributed by atoms with Crippen LogP contribution >= 0.6 is 23.2 Å². The van der Waals surface area contributed by atoms with Crippen LogP contribution in [-0.4, -0.2) is 53.5 Å². The topological polar surface area (TPSA) is 54.9 Å². The second kappa shape index (κ2) is 14.6. The van der Waals surface area contributed by atoms with Crippen molar-refractivity contribution in [3.8, 4) is 17.4 Å². The fraction of sp³-hybridized carbons (Fsp3) is 0.257. The van der Waals surface area contributed by atoms with Gasteiger partial charge in [0.15, 0.2) is 5.75 Å². The zero-order valence-corrected chi connectivity index (χ0v) is 25.9. The predicted octanol–water partition coefficient (Wildman–Crippen LogP) is 7.78. The highest BCUT2D eigenvalue weighted by atomic mass is 35.5. The number of benzene rings is 3. The van der Waals surface area contributed by atoms with Crippen molar-refractivity contribution in [2.45, 2.75) is 26.8 Å². The minimum absolute atomic E-state index is 0.00348. The molecule has 1 fully saturated rings. The first-order valence-corrected chi connectivity index (χ1v) is 15.1. The molecule has 1 saturated heterocycles. The SMILES string of the molecule is Cc1ccc(CN2CCN(C(=O)/C=C/c3cc(C)c(Oc4ccc(OCCc5ccc(Cl)cc5)cn4)c(Cl)c3)CC2)cc1. The lowest BCUT2D eigenvalue weighted by atomic mass is 10.1. The predicted molar refractivity (Wildman–Crippen MR) is 173 cm³/mol. The molecule has 43 heavy (non-hydrogen) atoms. The highest BCUT2D eigenvalue weighted by Gasteiger charge is 2.20. The second-order valence-electron chi connectivity index (χ2n) is 10.7. The fourth-order valence-corrected chi connectivity index (χ4v) is 5.33. The third-order valence-corrected chi connectivity index (χ3v) is 7.90. The van der Waals surface area contributed by atoms with Crippen LogP contribution in [0.5, 0.6) is 17.4 Å². The molecule has 0 spiro atoms. The molecule has 1 aliphatic rings. The highest BCUT2D eigenvalue weighted by molar-refractivity contribution is 6.32. The molecule has 0 saturated carbocycles. The van der Waals surface area contributed by atoms with Gasteiger partial charge in [-0.25, -0.2) is 4.98 Å². The average Bonchev–Trinajstić information content (AvgIpc) is 3.01. The van der Waals surface area contributed by atoms with Gasteiger partial charge in [-0.05, 0) is 72.5 Å². The number of nitrogens with zero attached hydrogens (tertiary/aromatic N) is 3. The number of ether oxygens (including phenoxy) is 2. The Morgan fingerprint density at radius 2 is 1.63 bits per heavy atom. The van der Waals surface area contributed by atoms with Crippen LogP contribution in [-0.2, 0) is 17.8 Å². The van der Waals surface area contributed by atoms with E-state index in [0.29, 0.717) is 42.1 Å². The maximum atomic E-state index is 12.9. The lowest BCUT2D eigenvalue weighted by molar-refractivity contribution is -0.127. The van der Waals surface area contributed by atoms with E-state index in [2.05, 4.69) is 41.1 Å². The quantitative estimate of drug-likeness (QED) is 0.171. The Kier molecular flexibility index (Phi) is 10.4. The number of pyridine rings is 1. The third-order valence-electron chi connectivity index (χ3n) is 7.37. The van der Waals surface area contributed by atoms with Crippen molar-refractivity contribution in [1.29, 1.82) is 0 Å². The van der Waals surface area contributed by atoms with Crippen molar-refractivity contribution in [3.05, 3.63) is 123 Å². The first kappa shape index (κ1) is 30.6. The molecule has 1 amide bonds. The van der Waals surface area contributed by atoms with E-state index in [1.807, 2.05) is 48.2 Å². The molecule has 0 unspecified atom stereocenters. The minimum Gasteiger partial charge on any atom is -0.492 e. The van der Waals surface area contributed by atoms with E-state index >= 15 is 0 Å². The smallest absolute Gasteiger partial charge is 0.246 e. The van der Waals surface area contributed by atoms with Gasteiger partial charge < -0.3 is 14.4 Å². The second-order valence-corrected chi connectivity index (χ2v) is 11.6. The number of carbonyl (C=O) groups is 1. The molecule has 222 valence electrons. The molecule has 0 atom stereocenters. The van der Waals surface area contributed by atoms with E-state index < -0.39 is 0 Å². The van der Waals surface area contributed by atoms with Gasteiger partial charge in [0.2, 0.25) is 11.8 Å². The van der Waals surface area contributed by atoms with E-state index in [0.717, 1.165) is 47.8 Å². The van der Waals surface area contributed by atoms with Crippen LogP contribution in [0, 0.1) is 13.8 Å². The normalized spacial score (nSPS) is 13.8. The molecule has 0 radical (unpaired) electrons. The van der Waals surface area contributed by atoms with Gasteiger partial charge in [-0.2, -0.15) is 0 Å². The van der Waals surface area contributed by atoms with Crippen molar-refractivity contribution >= 4 is 35.2 Å². The molecule has 1 aliphatic heterocycles. The average molecular weight is 617 g/mol. The van der Waals surface area contributed by atoms with Crippen molar-refractivity contribution in [3.63, 3.8) is 0 Å². The molecule has 5 rings (SSSR count). The summed E-state index contributed by atoms with van der Waals surface area (Å²) in [6, 6.07) is 23.7. The van der Waals surface area contributed by atoms with Crippen LogP contribution in [0.4, 0.5) is 0 Å². The zero-order valence-electron chi connectivity index (χ0n) is 24.4. The number of hydrogen-bond donors (Lipinski definition) is 0. The van der Waals surface area contributed by atoms with Gasteiger partial charge >= 0.3 is 0 Å². The Bertz CT molecular complexity index is 1520. The van der Waals surface area contributed by atoms with E-state index in [9.17, 15) is 4.79 Å². The summed E-state index contributed by atoms with van der Waals surface area (Å²) >= 11 is 12.5. The van der Waals surface area contributed by atoms with Crippen molar-refractivity contribution in [2.24, 2.45) is 0 Å². The highest BCUT2D eigenvalue weighted by Crippen LogP contribution is 2.34. The molecule has 0 aliphatic carbocycles. The summed E-state index contributed by atoms with van der Waals surface area (Å²) in [6.07, 6.45) is 5.82. The maximum Gasteiger partial charge on any atom is 0.246 e. The molecule has 6 nitrogen and oxygen atoms in total. The molecule has 3 aromatic carbocycles. The van der Waals surface area contributed by atoms with Gasteiger partial charge in [0.25, 0.3) is 0 Å². The number of aryl methyl sites for hydroxylation is 2. The van der Waals surface area contributed by atoms with Gasteiger partial charge in [0.05, 0.1) is 17.8 Å². The first-order chi connectivity index (χ1) is 20.8. The molecule has 8 heteroatoms. The number of carbonyl (C=O) groups excluding carboxylic acids is 1. The minimum atomic E-state index is 0.00348. The summed E-state index contributed by atoms with van der Waals surface area (Å²) in [7, 11) is 0. The standard InChI is InChI=1S/C35H35Cl2N3O3/c1-25-3-5-28(6-4-25)24-39-16-18-40(19-17-39)34(41)14-9-29-21-26(2)35(32(37)22-29)43-33-13-12-31(23-38-33)42-20-15-27-7-10-30(36)11-8-27/h3-14,21-23H,15-20,24H2,1-2H3/b14-9+. The number of aromatic nitrogens is 1. The van der Waals surface area contributed by atoms with Crippen LogP contribution in [0.2, 0.25) is 10.0 Å². The molecular formula is C35H35Cl2N3O3. The van der Waals surface area contributed by atoms with E-state index in [4.69, 9.17) is 32.7 Å². The summed E-state index contributed by atoms with van der Waals surface area (Å²) < 4.78 is 11.8. The van der Waals surface area contributed by atoms with Gasteiger partial charge in [-0.15, -0.1) is 0 Å². The summed E-state index contributed by atoms with van der Waals surface area (Å²) in [5, 5.41) is 1.16. The van der Waals surface area contributed by atoms with Crippen molar-refractivity contribution in [1.82, 2.24) is 14.8 Å². The van der Waals surface area contributed by atoms with Gasteiger partial charge in [0, 0.05) is 56.3 Å². The van der Waals surface area contributed by atoms with Crippen LogP contribution in [0.3, 0.4) is 0 Å². The van der Waals surface area contributed by atoms with Crippen molar-refractivity contribution < 1.29 is 14.3 Å². The lowest BCUT2D eigenvalue weighted by Gasteiger charge is -2.34. The van der Waals surface area contributed by atoms with Gasteiger partial charge in [-0.1, -0.05) is 65.2 Å². The van der Waals surface area contributed by atoms with Crippen LogP contribution in [0.1, 0.15) is 27.8 Å². The Morgan fingerprint density at radius 3 is 2.30 bits per heavy atom. The molecule has 1 aromatic heterocycles. The summed E-state index contributed by atoms with van der Waals surface area (Å²) in [5.74, 6) is 1.60. The number of hydrogen-bond acceptors (Lipinski definition) is 5. The maximum absolute atomic E-state index is 12.9. The number of rotatable bonds is 10. The number of amides is 1. The molecule has 2 heterocycles. The Labute approximate surface area is 263 Å².